The van der Waals surface area contributed by atoms with Crippen LogP contribution in [0.1, 0.15) is 38.2 Å². The van der Waals surface area contributed by atoms with Gasteiger partial charge in [0.25, 0.3) is 0 Å². The Kier molecular flexibility index (Phi) is 5.00. The zero-order valence-electron chi connectivity index (χ0n) is 12.5. The Bertz CT molecular complexity index is 372. The molecule has 0 saturated heterocycles. The van der Waals surface area contributed by atoms with E-state index in [0.29, 0.717) is 17.4 Å². The van der Waals surface area contributed by atoms with Crippen LogP contribution < -0.4 is 5.32 Å². The van der Waals surface area contributed by atoms with Gasteiger partial charge in [0.2, 0.25) is 0 Å². The average Bonchev–Trinajstić information content (AvgIpc) is 2.41. The van der Waals surface area contributed by atoms with Crippen molar-refractivity contribution in [3.63, 3.8) is 0 Å². The van der Waals surface area contributed by atoms with Crippen LogP contribution in [0.25, 0.3) is 0 Å². The van der Waals surface area contributed by atoms with Gasteiger partial charge >= 0.3 is 0 Å². The third kappa shape index (κ3) is 2.85. The summed E-state index contributed by atoms with van der Waals surface area (Å²) in [6.07, 6.45) is 5.08. The quantitative estimate of drug-likeness (QED) is 0.812. The van der Waals surface area contributed by atoms with Crippen molar-refractivity contribution in [2.75, 3.05) is 20.8 Å². The van der Waals surface area contributed by atoms with Crippen molar-refractivity contribution >= 4 is 0 Å². The molecule has 1 aliphatic carbocycles. The fraction of sp³-hybridized carbons (Fsp3) is 0.647. The van der Waals surface area contributed by atoms with E-state index in [-0.39, 0.29) is 0 Å². The molecule has 1 saturated carbocycles. The molecule has 2 rings (SSSR count). The highest BCUT2D eigenvalue weighted by Crippen LogP contribution is 2.48. The lowest BCUT2D eigenvalue weighted by atomic mass is 9.57. The first-order valence-electron chi connectivity index (χ1n) is 7.46. The molecule has 2 atom stereocenters. The second kappa shape index (κ2) is 6.53. The highest BCUT2D eigenvalue weighted by atomic mass is 16.5. The van der Waals surface area contributed by atoms with Crippen molar-refractivity contribution < 1.29 is 4.74 Å². The van der Waals surface area contributed by atoms with Gasteiger partial charge in [0, 0.05) is 25.2 Å². The predicted molar refractivity (Wildman–Crippen MR) is 80.5 cm³/mol. The van der Waals surface area contributed by atoms with Gasteiger partial charge in [0.15, 0.2) is 0 Å². The Morgan fingerprint density at radius 2 is 1.95 bits per heavy atom. The molecule has 2 nitrogen and oxygen atoms in total. The highest BCUT2D eigenvalue weighted by Gasteiger charge is 2.46. The van der Waals surface area contributed by atoms with Gasteiger partial charge in [0.05, 0.1) is 0 Å². The largest absolute Gasteiger partial charge is 0.385 e. The standard InChI is InChI=1S/C17H27NO/c1-14(10-13-19-3)16(18-2)17(11-7-12-17)15-8-5-4-6-9-15/h4-6,8-9,14,16,18H,7,10-13H2,1-3H3. The molecule has 1 aliphatic rings. The fourth-order valence-electron chi connectivity index (χ4n) is 3.68. The van der Waals surface area contributed by atoms with E-state index in [1.807, 2.05) is 0 Å². The molecule has 0 aromatic heterocycles. The fourth-order valence-corrected chi connectivity index (χ4v) is 3.68. The van der Waals surface area contributed by atoms with Crippen molar-refractivity contribution in [2.24, 2.45) is 5.92 Å². The molecule has 0 spiro atoms. The first-order valence-corrected chi connectivity index (χ1v) is 7.46. The summed E-state index contributed by atoms with van der Waals surface area (Å²) in [5.74, 6) is 0.630. The summed E-state index contributed by atoms with van der Waals surface area (Å²) in [6, 6.07) is 11.6. The topological polar surface area (TPSA) is 21.3 Å². The molecule has 2 unspecified atom stereocenters. The van der Waals surface area contributed by atoms with Gasteiger partial charge in [-0.3, -0.25) is 0 Å². The van der Waals surface area contributed by atoms with E-state index in [9.17, 15) is 0 Å². The lowest BCUT2D eigenvalue weighted by Crippen LogP contribution is -2.55. The van der Waals surface area contributed by atoms with Crippen LogP contribution in [0.3, 0.4) is 0 Å². The van der Waals surface area contributed by atoms with E-state index in [4.69, 9.17) is 4.74 Å². The maximum Gasteiger partial charge on any atom is 0.0465 e. The number of rotatable bonds is 7. The van der Waals surface area contributed by atoms with Gasteiger partial charge in [-0.2, -0.15) is 0 Å². The van der Waals surface area contributed by atoms with Crippen LogP contribution in [0.4, 0.5) is 0 Å². The Labute approximate surface area is 117 Å². The Morgan fingerprint density at radius 1 is 1.26 bits per heavy atom. The molecule has 0 bridgehead atoms. The molecule has 1 aromatic carbocycles. The molecule has 1 fully saturated rings. The third-order valence-electron chi connectivity index (χ3n) is 4.85. The van der Waals surface area contributed by atoms with E-state index >= 15 is 0 Å². The van der Waals surface area contributed by atoms with Crippen molar-refractivity contribution in [3.05, 3.63) is 35.9 Å². The Balaban J connectivity index is 2.19. The number of hydrogen-bond donors (Lipinski definition) is 1. The smallest absolute Gasteiger partial charge is 0.0465 e. The minimum Gasteiger partial charge on any atom is -0.385 e. The van der Waals surface area contributed by atoms with Crippen molar-refractivity contribution in [2.45, 2.75) is 44.1 Å². The van der Waals surface area contributed by atoms with Crippen LogP contribution in [0.2, 0.25) is 0 Å². The molecule has 1 aromatic rings. The van der Waals surface area contributed by atoms with Gasteiger partial charge in [0.1, 0.15) is 0 Å². The zero-order chi connectivity index (χ0) is 13.7. The molecule has 0 amide bonds. The maximum atomic E-state index is 5.25. The predicted octanol–water partition coefficient (Wildman–Crippen LogP) is 3.37. The molecular formula is C17H27NO. The summed E-state index contributed by atoms with van der Waals surface area (Å²) >= 11 is 0. The van der Waals surface area contributed by atoms with Gasteiger partial charge < -0.3 is 10.1 Å². The number of likely N-dealkylation sites (N-methyl/N-ethyl adjacent to an activating group) is 1. The first kappa shape index (κ1) is 14.5. The lowest BCUT2D eigenvalue weighted by molar-refractivity contribution is 0.109. The minimum absolute atomic E-state index is 0.336. The van der Waals surface area contributed by atoms with Gasteiger partial charge in [-0.1, -0.05) is 43.7 Å². The molecule has 0 radical (unpaired) electrons. The molecule has 2 heteroatoms. The van der Waals surface area contributed by atoms with E-state index in [1.165, 1.54) is 24.8 Å². The van der Waals surface area contributed by atoms with Crippen LogP contribution >= 0.6 is 0 Å². The second-order valence-electron chi connectivity index (χ2n) is 5.90. The summed E-state index contributed by atoms with van der Waals surface area (Å²) in [5.41, 5.74) is 1.84. The summed E-state index contributed by atoms with van der Waals surface area (Å²) in [5, 5.41) is 3.60. The van der Waals surface area contributed by atoms with Crippen molar-refractivity contribution in [1.29, 1.82) is 0 Å². The highest BCUT2D eigenvalue weighted by molar-refractivity contribution is 5.31. The molecular weight excluding hydrogens is 234 g/mol. The third-order valence-corrected chi connectivity index (χ3v) is 4.85. The SMILES string of the molecule is CNC(C(C)CCOC)C1(c2ccccc2)CCC1. The van der Waals surface area contributed by atoms with Gasteiger partial charge in [-0.15, -0.1) is 0 Å². The van der Waals surface area contributed by atoms with Crippen LogP contribution in [-0.2, 0) is 10.2 Å². The average molecular weight is 261 g/mol. The second-order valence-corrected chi connectivity index (χ2v) is 5.90. The van der Waals surface area contributed by atoms with Gasteiger partial charge in [-0.05, 0) is 37.8 Å². The molecule has 19 heavy (non-hydrogen) atoms. The molecule has 1 N–H and O–H groups in total. The van der Waals surface area contributed by atoms with E-state index in [2.05, 4.69) is 49.6 Å². The monoisotopic (exact) mass is 261 g/mol. The number of hydrogen-bond acceptors (Lipinski definition) is 2. The van der Waals surface area contributed by atoms with E-state index < -0.39 is 0 Å². The lowest BCUT2D eigenvalue weighted by Gasteiger charge is -2.50. The van der Waals surface area contributed by atoms with Crippen LogP contribution in [-0.4, -0.2) is 26.8 Å². The molecule has 0 aliphatic heterocycles. The number of benzene rings is 1. The number of methoxy groups -OCH3 is 1. The van der Waals surface area contributed by atoms with Crippen molar-refractivity contribution in [1.82, 2.24) is 5.32 Å². The van der Waals surface area contributed by atoms with Crippen LogP contribution in [0.5, 0.6) is 0 Å². The number of ether oxygens (including phenoxy) is 1. The van der Waals surface area contributed by atoms with Crippen LogP contribution in [0, 0.1) is 5.92 Å². The summed E-state index contributed by atoms with van der Waals surface area (Å²) in [4.78, 5) is 0. The Hall–Kier alpha value is -0.860. The normalized spacial score (nSPS) is 20.6. The van der Waals surface area contributed by atoms with E-state index in [1.54, 1.807) is 7.11 Å². The zero-order valence-corrected chi connectivity index (χ0v) is 12.5. The maximum absolute atomic E-state index is 5.25. The van der Waals surface area contributed by atoms with Crippen LogP contribution in [0.15, 0.2) is 30.3 Å². The summed E-state index contributed by atoms with van der Waals surface area (Å²) in [7, 11) is 3.90. The summed E-state index contributed by atoms with van der Waals surface area (Å²) < 4.78 is 5.25. The summed E-state index contributed by atoms with van der Waals surface area (Å²) in [6.45, 7) is 3.20. The Morgan fingerprint density at radius 3 is 2.42 bits per heavy atom. The molecule has 0 heterocycles. The van der Waals surface area contributed by atoms with Crippen molar-refractivity contribution in [3.8, 4) is 0 Å². The first-order chi connectivity index (χ1) is 9.24. The molecule has 106 valence electrons. The number of nitrogens with one attached hydrogen (secondary N) is 1. The van der Waals surface area contributed by atoms with E-state index in [0.717, 1.165) is 13.0 Å². The minimum atomic E-state index is 0.336. The van der Waals surface area contributed by atoms with Gasteiger partial charge in [-0.25, -0.2) is 0 Å².